The Kier molecular flexibility index (Phi) is 3.67. The lowest BCUT2D eigenvalue weighted by atomic mass is 10.1. The van der Waals surface area contributed by atoms with Crippen LogP contribution in [0.25, 0.3) is 0 Å². The molecule has 0 N–H and O–H groups in total. The van der Waals surface area contributed by atoms with Crippen LogP contribution in [0.4, 0.5) is 0 Å². The zero-order chi connectivity index (χ0) is 11.5. The lowest BCUT2D eigenvalue weighted by Crippen LogP contribution is -2.26. The maximum Gasteiger partial charge on any atom is 0.184 e. The van der Waals surface area contributed by atoms with Crippen molar-refractivity contribution in [1.29, 1.82) is 5.26 Å². The van der Waals surface area contributed by atoms with Crippen molar-refractivity contribution in [2.24, 2.45) is 0 Å². The van der Waals surface area contributed by atoms with E-state index < -0.39 is 8.32 Å². The van der Waals surface area contributed by atoms with Gasteiger partial charge in [-0.2, -0.15) is 5.26 Å². The highest BCUT2D eigenvalue weighted by Gasteiger charge is 2.18. The highest BCUT2D eigenvalue weighted by atomic mass is 28.4. The van der Waals surface area contributed by atoms with Crippen LogP contribution in [0.1, 0.15) is 24.2 Å². The first-order valence-electron chi connectivity index (χ1n) is 5.10. The van der Waals surface area contributed by atoms with Crippen molar-refractivity contribution in [2.45, 2.75) is 32.7 Å². The minimum Gasteiger partial charge on any atom is -0.411 e. The van der Waals surface area contributed by atoms with Crippen LogP contribution in [0.3, 0.4) is 0 Å². The highest BCUT2D eigenvalue weighted by Crippen LogP contribution is 2.21. The summed E-state index contributed by atoms with van der Waals surface area (Å²) >= 11 is 0. The van der Waals surface area contributed by atoms with Crippen molar-refractivity contribution in [2.75, 3.05) is 0 Å². The quantitative estimate of drug-likeness (QED) is 0.729. The number of nitriles is 1. The predicted molar refractivity (Wildman–Crippen MR) is 64.0 cm³/mol. The smallest absolute Gasteiger partial charge is 0.184 e. The fourth-order valence-corrected chi connectivity index (χ4v) is 2.62. The molecule has 0 fully saturated rings. The molecule has 80 valence electrons. The number of hydrogen-bond donors (Lipinski definition) is 0. The maximum absolute atomic E-state index is 8.68. The topological polar surface area (TPSA) is 33.0 Å². The molecule has 1 unspecified atom stereocenters. The van der Waals surface area contributed by atoms with Gasteiger partial charge in [-0.25, -0.2) is 0 Å². The zero-order valence-corrected chi connectivity index (χ0v) is 10.7. The average Bonchev–Trinajstić information content (AvgIpc) is 2.15. The third-order valence-electron chi connectivity index (χ3n) is 2.04. The van der Waals surface area contributed by atoms with Crippen molar-refractivity contribution in [3.8, 4) is 6.07 Å². The van der Waals surface area contributed by atoms with Gasteiger partial charge in [0.25, 0.3) is 0 Å². The molecule has 1 rings (SSSR count). The summed E-state index contributed by atoms with van der Waals surface area (Å²) in [6, 6.07) is 9.70. The summed E-state index contributed by atoms with van der Waals surface area (Å²) in [5, 5.41) is 8.68. The Hall–Kier alpha value is -1.11. The number of hydrogen-bond acceptors (Lipinski definition) is 2. The lowest BCUT2D eigenvalue weighted by molar-refractivity contribution is 0.219. The minimum atomic E-state index is -1.49. The first kappa shape index (κ1) is 12.0. The second kappa shape index (κ2) is 4.60. The largest absolute Gasteiger partial charge is 0.411 e. The molecule has 0 saturated heterocycles. The van der Waals surface area contributed by atoms with Gasteiger partial charge in [-0.15, -0.1) is 0 Å². The second-order valence-corrected chi connectivity index (χ2v) is 9.07. The van der Waals surface area contributed by atoms with Crippen LogP contribution >= 0.6 is 0 Å². The average molecular weight is 219 g/mol. The van der Waals surface area contributed by atoms with Gasteiger partial charge in [-0.3, -0.25) is 0 Å². The van der Waals surface area contributed by atoms with E-state index in [9.17, 15) is 0 Å². The molecule has 1 aromatic carbocycles. The molecule has 15 heavy (non-hydrogen) atoms. The number of benzene rings is 1. The van der Waals surface area contributed by atoms with Gasteiger partial charge in [0, 0.05) is 0 Å². The van der Waals surface area contributed by atoms with E-state index in [1.54, 1.807) is 0 Å². The molecular weight excluding hydrogens is 202 g/mol. The van der Waals surface area contributed by atoms with Crippen LogP contribution in [0.15, 0.2) is 24.3 Å². The molecule has 3 heteroatoms. The van der Waals surface area contributed by atoms with E-state index in [4.69, 9.17) is 9.69 Å². The summed E-state index contributed by atoms with van der Waals surface area (Å²) in [5.74, 6) is 0. The monoisotopic (exact) mass is 219 g/mol. The van der Waals surface area contributed by atoms with Gasteiger partial charge in [0.2, 0.25) is 0 Å². The fourth-order valence-electron chi connectivity index (χ4n) is 1.43. The maximum atomic E-state index is 8.68. The van der Waals surface area contributed by atoms with Gasteiger partial charge in [0.05, 0.1) is 17.7 Å². The minimum absolute atomic E-state index is 0.115. The Labute approximate surface area is 92.6 Å². The van der Waals surface area contributed by atoms with Crippen molar-refractivity contribution in [3.63, 3.8) is 0 Å². The molecule has 0 aliphatic carbocycles. The zero-order valence-electron chi connectivity index (χ0n) is 9.74. The molecule has 0 bridgehead atoms. The molecule has 0 saturated carbocycles. The summed E-state index contributed by atoms with van der Waals surface area (Å²) in [6.07, 6.45) is 0.115. The highest BCUT2D eigenvalue weighted by molar-refractivity contribution is 6.69. The Morgan fingerprint density at radius 1 is 1.20 bits per heavy atom. The fraction of sp³-hybridized carbons (Fsp3) is 0.417. The second-order valence-electron chi connectivity index (χ2n) is 4.61. The Morgan fingerprint density at radius 2 is 1.73 bits per heavy atom. The first-order valence-corrected chi connectivity index (χ1v) is 8.51. The van der Waals surface area contributed by atoms with Gasteiger partial charge < -0.3 is 4.43 Å². The van der Waals surface area contributed by atoms with Gasteiger partial charge in [0.15, 0.2) is 8.32 Å². The summed E-state index contributed by atoms with van der Waals surface area (Å²) in [6.45, 7) is 8.58. The Bertz CT molecular complexity index is 359. The third kappa shape index (κ3) is 3.86. The standard InChI is InChI=1S/C12H17NOSi/c1-10(14-15(2,3)4)12-7-5-11(9-13)6-8-12/h5-8,10H,1-4H3. The van der Waals surface area contributed by atoms with Gasteiger partial charge in [0.1, 0.15) is 0 Å². The van der Waals surface area contributed by atoms with Crippen LogP contribution in [-0.2, 0) is 4.43 Å². The predicted octanol–water partition coefficient (Wildman–Crippen LogP) is 3.47. The molecule has 0 aliphatic rings. The van der Waals surface area contributed by atoms with Crippen molar-refractivity contribution in [3.05, 3.63) is 35.4 Å². The van der Waals surface area contributed by atoms with Gasteiger partial charge in [-0.05, 0) is 44.3 Å². The van der Waals surface area contributed by atoms with Crippen LogP contribution < -0.4 is 0 Å². The van der Waals surface area contributed by atoms with Gasteiger partial charge in [-0.1, -0.05) is 12.1 Å². The number of rotatable bonds is 3. The molecule has 0 heterocycles. The molecule has 0 aliphatic heterocycles. The van der Waals surface area contributed by atoms with Gasteiger partial charge >= 0.3 is 0 Å². The lowest BCUT2D eigenvalue weighted by Gasteiger charge is -2.23. The van der Waals surface area contributed by atoms with Crippen molar-refractivity contribution >= 4 is 8.32 Å². The molecule has 0 spiro atoms. The van der Waals surface area contributed by atoms with E-state index in [1.807, 2.05) is 24.3 Å². The van der Waals surface area contributed by atoms with Crippen LogP contribution in [0, 0.1) is 11.3 Å². The van der Waals surface area contributed by atoms with E-state index in [2.05, 4.69) is 32.6 Å². The molecule has 0 radical (unpaired) electrons. The Balaban J connectivity index is 2.75. The van der Waals surface area contributed by atoms with E-state index in [0.29, 0.717) is 5.56 Å². The molecule has 0 amide bonds. The van der Waals surface area contributed by atoms with Crippen LogP contribution in [0.5, 0.6) is 0 Å². The summed E-state index contributed by atoms with van der Waals surface area (Å²) in [5.41, 5.74) is 1.83. The first-order chi connectivity index (χ1) is 6.92. The summed E-state index contributed by atoms with van der Waals surface area (Å²) in [7, 11) is -1.49. The normalized spacial score (nSPS) is 13.3. The molecule has 0 aromatic heterocycles. The molecule has 1 atom stereocenters. The van der Waals surface area contributed by atoms with E-state index in [-0.39, 0.29) is 6.10 Å². The van der Waals surface area contributed by atoms with Crippen LogP contribution in [0.2, 0.25) is 19.6 Å². The summed E-state index contributed by atoms with van der Waals surface area (Å²) in [4.78, 5) is 0. The van der Waals surface area contributed by atoms with Crippen molar-refractivity contribution < 1.29 is 4.43 Å². The SMILES string of the molecule is CC(O[Si](C)(C)C)c1ccc(C#N)cc1. The molecule has 2 nitrogen and oxygen atoms in total. The van der Waals surface area contributed by atoms with Crippen molar-refractivity contribution in [1.82, 2.24) is 0 Å². The summed E-state index contributed by atoms with van der Waals surface area (Å²) < 4.78 is 5.95. The van der Waals surface area contributed by atoms with E-state index in [0.717, 1.165) is 5.56 Å². The van der Waals surface area contributed by atoms with E-state index >= 15 is 0 Å². The molecule has 1 aromatic rings. The third-order valence-corrected chi connectivity index (χ3v) is 3.10. The number of nitrogens with zero attached hydrogens (tertiary/aromatic N) is 1. The molecular formula is C12H17NOSi. The van der Waals surface area contributed by atoms with Crippen LogP contribution in [-0.4, -0.2) is 8.32 Å². The van der Waals surface area contributed by atoms with E-state index in [1.165, 1.54) is 0 Å². The Morgan fingerprint density at radius 3 is 2.13 bits per heavy atom.